The molecule has 5 rings (SSSR count). The van der Waals surface area contributed by atoms with Crippen LogP contribution >= 0.6 is 0 Å². The Labute approximate surface area is 276 Å². The number of aliphatic hydroxyl groups excluding tert-OH is 1. The molecule has 4 aromatic carbocycles. The Kier molecular flexibility index (Phi) is 11.2. The Morgan fingerprint density at radius 1 is 0.851 bits per heavy atom. The predicted octanol–water partition coefficient (Wildman–Crippen LogP) is 5.94. The number of rotatable bonds is 14. The molecule has 0 aliphatic rings. The Hall–Kier alpha value is -4.83. The number of carbonyl (C=O) groups excluding carboxylic acids is 1. The molecule has 242 valence electrons. The Morgan fingerprint density at radius 2 is 1.51 bits per heavy atom. The number of nitrogens with zero attached hydrogens (tertiary/aromatic N) is 2. The molecule has 1 heterocycles. The number of nitrogens with one attached hydrogen (secondary N) is 1. The lowest BCUT2D eigenvalue weighted by Gasteiger charge is -2.25. The fraction of sp³-hybridized carbons (Fsp3) is 0.211. The summed E-state index contributed by atoms with van der Waals surface area (Å²) in [5.41, 5.74) is 4.82. The highest BCUT2D eigenvalue weighted by Crippen LogP contribution is 2.28. The summed E-state index contributed by atoms with van der Waals surface area (Å²) >= 11 is 0. The number of carbonyl (C=O) groups is 1. The molecule has 0 saturated heterocycles. The zero-order valence-corrected chi connectivity index (χ0v) is 27.4. The molecule has 47 heavy (non-hydrogen) atoms. The summed E-state index contributed by atoms with van der Waals surface area (Å²) in [6, 6.07) is 34.6. The van der Waals surface area contributed by atoms with Crippen LogP contribution in [0.4, 0.5) is 0 Å². The highest BCUT2D eigenvalue weighted by Gasteiger charge is 2.22. The van der Waals surface area contributed by atoms with Gasteiger partial charge in [-0.2, -0.15) is 0 Å². The summed E-state index contributed by atoms with van der Waals surface area (Å²) in [5.74, 6) is -0.143. The quantitative estimate of drug-likeness (QED) is 0.153. The maximum absolute atomic E-state index is 13.6. The molecule has 5 aromatic rings. The number of hydrogen-bond donors (Lipinski definition) is 2. The second-order valence-electron chi connectivity index (χ2n) is 11.4. The first kappa shape index (κ1) is 33.5. The first-order chi connectivity index (χ1) is 22.7. The van der Waals surface area contributed by atoms with Gasteiger partial charge in [-0.3, -0.25) is 14.7 Å². The fourth-order valence-electron chi connectivity index (χ4n) is 5.21. The van der Waals surface area contributed by atoms with Gasteiger partial charge < -0.3 is 15.2 Å². The average molecular weight is 650 g/mol. The molecule has 1 aromatic heterocycles. The van der Waals surface area contributed by atoms with Crippen molar-refractivity contribution < 1.29 is 23.1 Å². The minimum atomic E-state index is -3.91. The lowest BCUT2D eigenvalue weighted by atomic mass is 10.1. The van der Waals surface area contributed by atoms with Gasteiger partial charge in [-0.1, -0.05) is 78.9 Å². The van der Waals surface area contributed by atoms with E-state index in [1.54, 1.807) is 18.3 Å². The Morgan fingerprint density at radius 3 is 2.15 bits per heavy atom. The van der Waals surface area contributed by atoms with Crippen LogP contribution in [0.1, 0.15) is 44.4 Å². The topological polar surface area (TPSA) is 109 Å². The Balaban J connectivity index is 1.29. The van der Waals surface area contributed by atoms with Crippen LogP contribution in [0.3, 0.4) is 0 Å². The number of benzene rings is 4. The second-order valence-corrected chi connectivity index (χ2v) is 13.3. The lowest BCUT2D eigenvalue weighted by Crippen LogP contribution is -2.30. The van der Waals surface area contributed by atoms with Crippen LogP contribution in [-0.2, 0) is 29.4 Å². The molecular formula is C38H39N3O5S. The van der Waals surface area contributed by atoms with E-state index in [-0.39, 0.29) is 22.0 Å². The molecule has 0 unspecified atom stereocenters. The van der Waals surface area contributed by atoms with Crippen molar-refractivity contribution in [2.75, 3.05) is 20.1 Å². The maximum atomic E-state index is 13.6. The number of ether oxygens (including phenoxy) is 1. The first-order valence-corrected chi connectivity index (χ1v) is 16.9. The maximum Gasteiger partial charge on any atom is 0.254 e. The van der Waals surface area contributed by atoms with Crippen molar-refractivity contribution in [3.05, 3.63) is 155 Å². The van der Waals surface area contributed by atoms with Crippen molar-refractivity contribution in [3.8, 4) is 5.75 Å². The van der Waals surface area contributed by atoms with Gasteiger partial charge >= 0.3 is 0 Å². The molecule has 1 amide bonds. The summed E-state index contributed by atoms with van der Waals surface area (Å²) in [4.78, 5) is 19.3. The molecule has 8 nitrogen and oxygen atoms in total. The number of hydrogen-bond acceptors (Lipinski definition) is 7. The van der Waals surface area contributed by atoms with E-state index in [9.17, 15) is 18.3 Å². The van der Waals surface area contributed by atoms with Crippen molar-refractivity contribution in [2.45, 2.75) is 42.4 Å². The van der Waals surface area contributed by atoms with E-state index in [1.807, 2.05) is 79.7 Å². The van der Waals surface area contributed by atoms with Crippen LogP contribution in [0.25, 0.3) is 0 Å². The standard InChI is InChI=1S/C38H39N3O5S/c1-28-13-16-32(24-40-28)36(42)26-41(25-30-9-5-3-6-10-30)22-21-29-14-17-33(18-15-29)47(44,45)34-19-20-37(35(23-34)38(43)39-2)46-27-31-11-7-4-8-12-31/h3-20,23-24,36,42H,21-22,25-27H2,1-2H3,(H,39,43)/t36-/m0/s1. The summed E-state index contributed by atoms with van der Waals surface area (Å²) in [6.45, 7) is 3.88. The van der Waals surface area contributed by atoms with Gasteiger partial charge in [-0.25, -0.2) is 8.42 Å². The zero-order chi connectivity index (χ0) is 33.2. The van der Waals surface area contributed by atoms with E-state index in [4.69, 9.17) is 4.74 Å². The molecule has 1 atom stereocenters. The van der Waals surface area contributed by atoms with E-state index < -0.39 is 21.8 Å². The number of sulfone groups is 1. The average Bonchev–Trinajstić information content (AvgIpc) is 3.10. The summed E-state index contributed by atoms with van der Waals surface area (Å²) in [5, 5.41) is 13.5. The van der Waals surface area contributed by atoms with Gasteiger partial charge in [0, 0.05) is 44.1 Å². The van der Waals surface area contributed by atoms with E-state index in [0.29, 0.717) is 31.8 Å². The smallest absolute Gasteiger partial charge is 0.254 e. The largest absolute Gasteiger partial charge is 0.488 e. The van der Waals surface area contributed by atoms with Crippen LogP contribution < -0.4 is 10.1 Å². The van der Waals surface area contributed by atoms with E-state index in [0.717, 1.165) is 27.9 Å². The minimum absolute atomic E-state index is 0.00419. The number of aliphatic hydroxyl groups is 1. The fourth-order valence-corrected chi connectivity index (χ4v) is 6.50. The predicted molar refractivity (Wildman–Crippen MR) is 182 cm³/mol. The van der Waals surface area contributed by atoms with Gasteiger partial charge in [-0.15, -0.1) is 0 Å². The third-order valence-corrected chi connectivity index (χ3v) is 9.69. The monoisotopic (exact) mass is 649 g/mol. The third kappa shape index (κ3) is 8.92. The molecule has 0 saturated carbocycles. The molecular weight excluding hydrogens is 611 g/mol. The van der Waals surface area contributed by atoms with Gasteiger partial charge in [0.15, 0.2) is 0 Å². The van der Waals surface area contributed by atoms with Crippen molar-refractivity contribution in [2.24, 2.45) is 0 Å². The number of amides is 1. The SMILES string of the molecule is CNC(=O)c1cc(S(=O)(=O)c2ccc(CCN(Cc3ccccc3)C[C@H](O)c3ccc(C)nc3)cc2)ccc1OCc1ccccc1. The van der Waals surface area contributed by atoms with Gasteiger partial charge in [-0.05, 0) is 66.4 Å². The van der Waals surface area contributed by atoms with Crippen molar-refractivity contribution >= 4 is 15.7 Å². The molecule has 0 spiro atoms. The molecule has 0 bridgehead atoms. The van der Waals surface area contributed by atoms with Crippen LogP contribution in [0, 0.1) is 6.92 Å². The highest BCUT2D eigenvalue weighted by atomic mass is 32.2. The molecule has 2 N–H and O–H groups in total. The minimum Gasteiger partial charge on any atom is -0.488 e. The summed E-state index contributed by atoms with van der Waals surface area (Å²) < 4.78 is 33.2. The number of pyridine rings is 1. The van der Waals surface area contributed by atoms with Crippen LogP contribution in [-0.4, -0.2) is 49.5 Å². The molecule has 0 radical (unpaired) electrons. The molecule has 9 heteroatoms. The van der Waals surface area contributed by atoms with Crippen LogP contribution in [0.2, 0.25) is 0 Å². The molecule has 0 aliphatic carbocycles. The molecule has 0 aliphatic heterocycles. The highest BCUT2D eigenvalue weighted by molar-refractivity contribution is 7.91. The normalized spacial score (nSPS) is 12.1. The van der Waals surface area contributed by atoms with Crippen LogP contribution in [0.15, 0.2) is 131 Å². The van der Waals surface area contributed by atoms with Gasteiger partial charge in [0.1, 0.15) is 12.4 Å². The van der Waals surface area contributed by atoms with E-state index in [1.165, 1.54) is 25.2 Å². The van der Waals surface area contributed by atoms with Crippen molar-refractivity contribution in [1.82, 2.24) is 15.2 Å². The zero-order valence-electron chi connectivity index (χ0n) is 26.5. The van der Waals surface area contributed by atoms with Gasteiger partial charge in [0.05, 0.1) is 21.5 Å². The van der Waals surface area contributed by atoms with Crippen molar-refractivity contribution in [3.63, 3.8) is 0 Å². The van der Waals surface area contributed by atoms with Crippen molar-refractivity contribution in [1.29, 1.82) is 0 Å². The van der Waals surface area contributed by atoms with E-state index in [2.05, 4.69) is 27.3 Å². The lowest BCUT2D eigenvalue weighted by molar-refractivity contribution is 0.0958. The summed E-state index contributed by atoms with van der Waals surface area (Å²) in [7, 11) is -2.42. The third-order valence-electron chi connectivity index (χ3n) is 7.92. The summed E-state index contributed by atoms with van der Waals surface area (Å²) in [6.07, 6.45) is 1.66. The Bertz CT molecular complexity index is 1870. The number of aromatic nitrogens is 1. The second kappa shape index (κ2) is 15.6. The number of aryl methyl sites for hydroxylation is 1. The molecule has 0 fully saturated rings. The van der Waals surface area contributed by atoms with E-state index >= 15 is 0 Å². The van der Waals surface area contributed by atoms with Gasteiger partial charge in [0.25, 0.3) is 5.91 Å². The first-order valence-electron chi connectivity index (χ1n) is 15.5. The van der Waals surface area contributed by atoms with Gasteiger partial charge in [0.2, 0.25) is 9.84 Å². The van der Waals surface area contributed by atoms with Crippen LogP contribution in [0.5, 0.6) is 5.75 Å².